The fraction of sp³-hybridized carbons (Fsp3) is 0.308. The lowest BCUT2D eigenvalue weighted by molar-refractivity contribution is 0.628. The smallest absolute Gasteiger partial charge is 0.125 e. The molecule has 0 bridgehead atoms. The Bertz CT molecular complexity index is 588. The molecule has 0 aromatic carbocycles. The van der Waals surface area contributed by atoms with Gasteiger partial charge in [-0.3, -0.25) is 0 Å². The van der Waals surface area contributed by atoms with Gasteiger partial charge in [0.2, 0.25) is 0 Å². The van der Waals surface area contributed by atoms with E-state index in [-0.39, 0.29) is 0 Å². The number of nitrogens with one attached hydrogen (secondary N) is 1. The Morgan fingerprint density at radius 2 is 2.41 bits per heavy atom. The molecule has 17 heavy (non-hydrogen) atoms. The van der Waals surface area contributed by atoms with Crippen LogP contribution in [-0.2, 0) is 0 Å². The number of aromatic nitrogens is 1. The van der Waals surface area contributed by atoms with E-state index in [1.54, 1.807) is 17.5 Å². The highest BCUT2D eigenvalue weighted by molar-refractivity contribution is 7.19. The van der Waals surface area contributed by atoms with Crippen LogP contribution in [-0.4, -0.2) is 17.6 Å². The fourth-order valence-electron chi connectivity index (χ4n) is 2.18. The Balaban J connectivity index is 2.12. The molecule has 1 aliphatic rings. The van der Waals surface area contributed by atoms with Crippen LogP contribution in [0.15, 0.2) is 24.4 Å². The molecule has 88 valence electrons. The molecule has 4 heteroatoms. The van der Waals surface area contributed by atoms with Gasteiger partial charge in [0.1, 0.15) is 4.83 Å². The Morgan fingerprint density at radius 1 is 1.53 bits per heavy atom. The molecule has 0 fully saturated rings. The van der Waals surface area contributed by atoms with Crippen LogP contribution < -0.4 is 5.32 Å². The van der Waals surface area contributed by atoms with Crippen molar-refractivity contribution >= 4 is 38.7 Å². The van der Waals surface area contributed by atoms with Crippen LogP contribution in [0.1, 0.15) is 18.2 Å². The van der Waals surface area contributed by atoms with Crippen LogP contribution in [0.25, 0.3) is 15.8 Å². The van der Waals surface area contributed by atoms with Gasteiger partial charge < -0.3 is 5.32 Å². The maximum absolute atomic E-state index is 6.18. The molecule has 0 saturated carbocycles. The molecular formula is C13H13ClN2S. The summed E-state index contributed by atoms with van der Waals surface area (Å²) >= 11 is 7.90. The van der Waals surface area contributed by atoms with Crippen molar-refractivity contribution < 1.29 is 0 Å². The first-order valence-corrected chi connectivity index (χ1v) is 6.93. The molecule has 1 atom stereocenters. The zero-order chi connectivity index (χ0) is 11.8. The van der Waals surface area contributed by atoms with Gasteiger partial charge in [0, 0.05) is 22.5 Å². The molecule has 2 nitrogen and oxygen atoms in total. The van der Waals surface area contributed by atoms with Gasteiger partial charge in [-0.05, 0) is 37.6 Å². The van der Waals surface area contributed by atoms with Gasteiger partial charge in [-0.1, -0.05) is 17.7 Å². The first-order chi connectivity index (χ1) is 8.25. The van der Waals surface area contributed by atoms with Crippen molar-refractivity contribution in [2.75, 3.05) is 6.54 Å². The normalized spacial score (nSPS) is 20.6. The SMILES string of the molecule is CC1NCCC=C1c1cc2c(Cl)ccnc2s1. The van der Waals surface area contributed by atoms with Gasteiger partial charge in [-0.25, -0.2) is 4.98 Å². The summed E-state index contributed by atoms with van der Waals surface area (Å²) in [5.41, 5.74) is 1.37. The zero-order valence-electron chi connectivity index (χ0n) is 9.53. The average molecular weight is 265 g/mol. The number of rotatable bonds is 1. The minimum atomic E-state index is 0.413. The third-order valence-corrected chi connectivity index (χ3v) is 4.51. The van der Waals surface area contributed by atoms with Crippen LogP contribution in [0.3, 0.4) is 0 Å². The molecule has 2 aromatic rings. The molecule has 1 aliphatic heterocycles. The van der Waals surface area contributed by atoms with Gasteiger partial charge in [0.25, 0.3) is 0 Å². The third-order valence-electron chi connectivity index (χ3n) is 3.09. The lowest BCUT2D eigenvalue weighted by Crippen LogP contribution is -2.30. The van der Waals surface area contributed by atoms with E-state index in [9.17, 15) is 0 Å². The average Bonchev–Trinajstić information content (AvgIpc) is 2.75. The van der Waals surface area contributed by atoms with E-state index in [1.807, 2.05) is 6.07 Å². The van der Waals surface area contributed by atoms with E-state index in [4.69, 9.17) is 11.6 Å². The number of halogens is 1. The van der Waals surface area contributed by atoms with Gasteiger partial charge in [-0.2, -0.15) is 0 Å². The number of nitrogens with zero attached hydrogens (tertiary/aromatic N) is 1. The van der Waals surface area contributed by atoms with Crippen molar-refractivity contribution in [2.24, 2.45) is 0 Å². The highest BCUT2D eigenvalue weighted by Crippen LogP contribution is 2.35. The van der Waals surface area contributed by atoms with Gasteiger partial charge in [0.15, 0.2) is 0 Å². The van der Waals surface area contributed by atoms with Gasteiger partial charge in [0.05, 0.1) is 5.02 Å². The topological polar surface area (TPSA) is 24.9 Å². The molecule has 0 aliphatic carbocycles. The second kappa shape index (κ2) is 4.41. The van der Waals surface area contributed by atoms with Gasteiger partial charge >= 0.3 is 0 Å². The van der Waals surface area contributed by atoms with Crippen molar-refractivity contribution in [1.82, 2.24) is 10.3 Å². The second-order valence-electron chi connectivity index (χ2n) is 4.25. The van der Waals surface area contributed by atoms with Crippen molar-refractivity contribution in [3.05, 3.63) is 34.3 Å². The quantitative estimate of drug-likeness (QED) is 0.849. The monoisotopic (exact) mass is 264 g/mol. The second-order valence-corrected chi connectivity index (χ2v) is 5.68. The van der Waals surface area contributed by atoms with Crippen LogP contribution in [0.4, 0.5) is 0 Å². The highest BCUT2D eigenvalue weighted by Gasteiger charge is 2.17. The van der Waals surface area contributed by atoms with E-state index < -0.39 is 0 Å². The van der Waals surface area contributed by atoms with E-state index >= 15 is 0 Å². The number of fused-ring (bicyclic) bond motifs is 1. The molecule has 0 saturated heterocycles. The summed E-state index contributed by atoms with van der Waals surface area (Å²) in [5.74, 6) is 0. The molecular weight excluding hydrogens is 252 g/mol. The zero-order valence-corrected chi connectivity index (χ0v) is 11.1. The van der Waals surface area contributed by atoms with E-state index in [0.717, 1.165) is 28.2 Å². The molecule has 2 aromatic heterocycles. The predicted molar refractivity (Wildman–Crippen MR) is 74.7 cm³/mol. The van der Waals surface area contributed by atoms with Crippen molar-refractivity contribution in [3.63, 3.8) is 0 Å². The van der Waals surface area contributed by atoms with Crippen molar-refractivity contribution in [1.29, 1.82) is 0 Å². The van der Waals surface area contributed by atoms with Gasteiger partial charge in [-0.15, -0.1) is 11.3 Å². The molecule has 3 heterocycles. The lowest BCUT2D eigenvalue weighted by Gasteiger charge is -2.21. The Kier molecular flexibility index (Phi) is 2.90. The lowest BCUT2D eigenvalue weighted by atomic mass is 10.0. The van der Waals surface area contributed by atoms with Crippen LogP contribution in [0.5, 0.6) is 0 Å². The summed E-state index contributed by atoms with van der Waals surface area (Å²) in [7, 11) is 0. The van der Waals surface area contributed by atoms with Crippen LogP contribution in [0, 0.1) is 0 Å². The summed E-state index contributed by atoms with van der Waals surface area (Å²) in [4.78, 5) is 6.67. The maximum atomic E-state index is 6.18. The Morgan fingerprint density at radius 3 is 3.18 bits per heavy atom. The van der Waals surface area contributed by atoms with Crippen LogP contribution >= 0.6 is 22.9 Å². The fourth-order valence-corrected chi connectivity index (χ4v) is 3.59. The minimum absolute atomic E-state index is 0.413. The number of hydrogen-bond donors (Lipinski definition) is 1. The number of pyridine rings is 1. The summed E-state index contributed by atoms with van der Waals surface area (Å²) in [5, 5.41) is 5.32. The van der Waals surface area contributed by atoms with E-state index in [2.05, 4.69) is 29.4 Å². The largest absolute Gasteiger partial charge is 0.310 e. The van der Waals surface area contributed by atoms with Crippen molar-refractivity contribution in [2.45, 2.75) is 19.4 Å². The van der Waals surface area contributed by atoms with E-state index in [0.29, 0.717) is 6.04 Å². The number of hydrogen-bond acceptors (Lipinski definition) is 3. The molecule has 0 radical (unpaired) electrons. The van der Waals surface area contributed by atoms with Crippen molar-refractivity contribution in [3.8, 4) is 0 Å². The Hall–Kier alpha value is -0.900. The first kappa shape index (κ1) is 11.2. The number of thiophene rings is 1. The third kappa shape index (κ3) is 1.99. The maximum Gasteiger partial charge on any atom is 0.125 e. The summed E-state index contributed by atoms with van der Waals surface area (Å²) in [6.07, 6.45) is 5.18. The molecule has 1 N–H and O–H groups in total. The summed E-state index contributed by atoms with van der Waals surface area (Å²) in [6.45, 7) is 3.26. The minimum Gasteiger partial charge on any atom is -0.310 e. The first-order valence-electron chi connectivity index (χ1n) is 5.73. The molecule has 3 rings (SSSR count). The summed E-state index contributed by atoms with van der Waals surface area (Å²) in [6, 6.07) is 4.41. The van der Waals surface area contributed by atoms with E-state index in [1.165, 1.54) is 10.5 Å². The highest BCUT2D eigenvalue weighted by atomic mass is 35.5. The molecule has 0 spiro atoms. The Labute approximate surface area is 109 Å². The standard InChI is InChI=1S/C13H13ClN2S/c1-8-9(3-2-5-15-8)12-7-10-11(14)4-6-16-13(10)17-12/h3-4,6-8,15H,2,5H2,1H3. The molecule has 0 amide bonds. The predicted octanol–water partition coefficient (Wildman–Crippen LogP) is 3.71. The van der Waals surface area contributed by atoms with Crippen LogP contribution in [0.2, 0.25) is 5.02 Å². The summed E-state index contributed by atoms with van der Waals surface area (Å²) < 4.78 is 0. The molecule has 1 unspecified atom stereocenters.